The van der Waals surface area contributed by atoms with Gasteiger partial charge >= 0.3 is 0 Å². The van der Waals surface area contributed by atoms with E-state index in [4.69, 9.17) is 11.6 Å². The fourth-order valence-corrected chi connectivity index (χ4v) is 2.31. The largest absolute Gasteiger partial charge is 0.279 e. The van der Waals surface area contributed by atoms with Crippen molar-refractivity contribution >= 4 is 35.3 Å². The quantitative estimate of drug-likeness (QED) is 0.484. The molecule has 1 N–H and O–H groups in total. The minimum absolute atomic E-state index is 0.763. The third-order valence-corrected chi connectivity index (χ3v) is 3.73. The van der Waals surface area contributed by atoms with Crippen LogP contribution < -0.4 is 5.43 Å². The number of benzene rings is 2. The molecule has 4 heteroatoms. The zero-order valence-electron chi connectivity index (χ0n) is 10.6. The SMILES string of the molecule is Cc1ccccc1N/N=C/CSc1ccc(Cl)cc1. The molecule has 2 rings (SSSR count). The lowest BCUT2D eigenvalue weighted by molar-refractivity contribution is 1.31. The van der Waals surface area contributed by atoms with Crippen molar-refractivity contribution in [2.24, 2.45) is 5.10 Å². The van der Waals surface area contributed by atoms with E-state index >= 15 is 0 Å². The standard InChI is InChI=1S/C15H15ClN2S/c1-12-4-2-3-5-15(12)18-17-10-11-19-14-8-6-13(16)7-9-14/h2-10,18H,11H2,1H3/b17-10+. The summed E-state index contributed by atoms with van der Waals surface area (Å²) in [6, 6.07) is 15.9. The first-order valence-corrected chi connectivity index (χ1v) is 7.33. The molecule has 0 unspecified atom stereocenters. The predicted molar refractivity (Wildman–Crippen MR) is 85.5 cm³/mol. The van der Waals surface area contributed by atoms with Crippen LogP contribution >= 0.6 is 23.4 Å². The third-order valence-electron chi connectivity index (χ3n) is 2.56. The van der Waals surface area contributed by atoms with E-state index in [9.17, 15) is 0 Å². The first-order chi connectivity index (χ1) is 9.25. The van der Waals surface area contributed by atoms with Gasteiger partial charge in [0.05, 0.1) is 5.69 Å². The summed E-state index contributed by atoms with van der Waals surface area (Å²) in [5.41, 5.74) is 5.27. The van der Waals surface area contributed by atoms with Crippen LogP contribution in [0.25, 0.3) is 0 Å². The molecule has 2 aromatic rings. The minimum atomic E-state index is 0.763. The molecule has 19 heavy (non-hydrogen) atoms. The van der Waals surface area contributed by atoms with Gasteiger partial charge < -0.3 is 0 Å². The summed E-state index contributed by atoms with van der Waals surface area (Å²) < 4.78 is 0. The minimum Gasteiger partial charge on any atom is -0.279 e. The van der Waals surface area contributed by atoms with E-state index in [1.54, 1.807) is 11.8 Å². The molecule has 0 aromatic heterocycles. The molecule has 0 aliphatic rings. The van der Waals surface area contributed by atoms with Gasteiger partial charge in [0, 0.05) is 21.9 Å². The highest BCUT2D eigenvalue weighted by molar-refractivity contribution is 7.99. The number of nitrogens with zero attached hydrogens (tertiary/aromatic N) is 1. The molecular weight excluding hydrogens is 276 g/mol. The van der Waals surface area contributed by atoms with Crippen molar-refractivity contribution in [2.75, 3.05) is 11.2 Å². The van der Waals surface area contributed by atoms with Crippen LogP contribution in [-0.2, 0) is 0 Å². The first kappa shape index (κ1) is 14.0. The maximum atomic E-state index is 5.83. The Kier molecular flexibility index (Phi) is 5.31. The molecule has 2 aromatic carbocycles. The molecule has 98 valence electrons. The Morgan fingerprint density at radius 3 is 2.63 bits per heavy atom. The Balaban J connectivity index is 1.78. The summed E-state index contributed by atoms with van der Waals surface area (Å²) in [5, 5.41) is 4.98. The Labute approximate surface area is 122 Å². The number of thioether (sulfide) groups is 1. The summed E-state index contributed by atoms with van der Waals surface area (Å²) in [7, 11) is 0. The Bertz CT molecular complexity index is 552. The number of para-hydroxylation sites is 1. The van der Waals surface area contributed by atoms with Gasteiger partial charge in [-0.2, -0.15) is 5.10 Å². The van der Waals surface area contributed by atoms with Crippen molar-refractivity contribution in [3.63, 3.8) is 0 Å². The first-order valence-electron chi connectivity index (χ1n) is 5.97. The van der Waals surface area contributed by atoms with E-state index in [1.807, 2.05) is 48.7 Å². The molecule has 0 aliphatic carbocycles. The van der Waals surface area contributed by atoms with Crippen molar-refractivity contribution in [1.82, 2.24) is 0 Å². The normalized spacial score (nSPS) is 10.8. The van der Waals surface area contributed by atoms with Crippen LogP contribution in [0.1, 0.15) is 5.56 Å². The second-order valence-electron chi connectivity index (χ2n) is 4.00. The van der Waals surface area contributed by atoms with Crippen molar-refractivity contribution in [1.29, 1.82) is 0 Å². The number of anilines is 1. The molecule has 0 spiro atoms. The summed E-state index contributed by atoms with van der Waals surface area (Å²) in [6.45, 7) is 2.06. The van der Waals surface area contributed by atoms with Crippen LogP contribution in [0.15, 0.2) is 58.5 Å². The topological polar surface area (TPSA) is 24.4 Å². The van der Waals surface area contributed by atoms with E-state index in [2.05, 4.69) is 23.5 Å². The highest BCUT2D eigenvalue weighted by atomic mass is 35.5. The summed E-state index contributed by atoms with van der Waals surface area (Å²) in [4.78, 5) is 1.19. The van der Waals surface area contributed by atoms with E-state index in [0.29, 0.717) is 0 Å². The van der Waals surface area contributed by atoms with E-state index in [-0.39, 0.29) is 0 Å². The van der Waals surface area contributed by atoms with Gasteiger partial charge in [0.1, 0.15) is 0 Å². The number of aryl methyl sites for hydroxylation is 1. The summed E-state index contributed by atoms with van der Waals surface area (Å²) in [5.74, 6) is 0.820. The zero-order chi connectivity index (χ0) is 13.5. The van der Waals surface area contributed by atoms with Crippen LogP contribution in [0.2, 0.25) is 5.02 Å². The van der Waals surface area contributed by atoms with E-state index < -0.39 is 0 Å². The molecule has 0 saturated carbocycles. The number of halogens is 1. The van der Waals surface area contributed by atoms with Gasteiger partial charge in [0.15, 0.2) is 0 Å². The maximum Gasteiger partial charge on any atom is 0.0590 e. The Morgan fingerprint density at radius 1 is 1.16 bits per heavy atom. The highest BCUT2D eigenvalue weighted by Gasteiger charge is 1.94. The Hall–Kier alpha value is -1.45. The van der Waals surface area contributed by atoms with Crippen LogP contribution in [0.5, 0.6) is 0 Å². The number of hydrogen-bond donors (Lipinski definition) is 1. The molecule has 0 aliphatic heterocycles. The van der Waals surface area contributed by atoms with E-state index in [0.717, 1.165) is 16.5 Å². The molecular formula is C15H15ClN2S. The zero-order valence-corrected chi connectivity index (χ0v) is 12.2. The predicted octanol–water partition coefficient (Wildman–Crippen LogP) is 4.84. The van der Waals surface area contributed by atoms with Crippen LogP contribution in [-0.4, -0.2) is 12.0 Å². The smallest absolute Gasteiger partial charge is 0.0590 e. The average Bonchev–Trinajstić information content (AvgIpc) is 2.42. The highest BCUT2D eigenvalue weighted by Crippen LogP contribution is 2.19. The van der Waals surface area contributed by atoms with Crippen molar-refractivity contribution in [3.05, 3.63) is 59.1 Å². The Morgan fingerprint density at radius 2 is 1.89 bits per heavy atom. The third kappa shape index (κ3) is 4.62. The number of hydrogen-bond acceptors (Lipinski definition) is 3. The molecule has 2 nitrogen and oxygen atoms in total. The van der Waals surface area contributed by atoms with Gasteiger partial charge in [-0.15, -0.1) is 11.8 Å². The van der Waals surface area contributed by atoms with Gasteiger partial charge in [0.2, 0.25) is 0 Å². The van der Waals surface area contributed by atoms with Gasteiger partial charge in [0.25, 0.3) is 0 Å². The van der Waals surface area contributed by atoms with E-state index in [1.165, 1.54) is 10.5 Å². The van der Waals surface area contributed by atoms with Gasteiger partial charge in [-0.1, -0.05) is 29.8 Å². The number of nitrogens with one attached hydrogen (secondary N) is 1. The van der Waals surface area contributed by atoms with Crippen LogP contribution in [0.4, 0.5) is 5.69 Å². The fourth-order valence-electron chi connectivity index (χ4n) is 1.52. The molecule has 0 amide bonds. The lowest BCUT2D eigenvalue weighted by Crippen LogP contribution is -1.92. The molecule has 0 atom stereocenters. The molecule has 0 bridgehead atoms. The number of rotatable bonds is 5. The lowest BCUT2D eigenvalue weighted by Gasteiger charge is -2.03. The second-order valence-corrected chi connectivity index (χ2v) is 5.53. The van der Waals surface area contributed by atoms with Gasteiger partial charge in [-0.3, -0.25) is 5.43 Å². The molecule has 0 saturated heterocycles. The van der Waals surface area contributed by atoms with Crippen LogP contribution in [0.3, 0.4) is 0 Å². The summed E-state index contributed by atoms with van der Waals surface area (Å²) in [6.07, 6.45) is 1.87. The second kappa shape index (κ2) is 7.22. The van der Waals surface area contributed by atoms with Gasteiger partial charge in [-0.05, 0) is 42.8 Å². The monoisotopic (exact) mass is 290 g/mol. The molecule has 0 heterocycles. The molecule has 0 fully saturated rings. The fraction of sp³-hybridized carbons (Fsp3) is 0.133. The summed E-state index contributed by atoms with van der Waals surface area (Å²) >= 11 is 7.55. The maximum absolute atomic E-state index is 5.83. The molecule has 0 radical (unpaired) electrons. The average molecular weight is 291 g/mol. The lowest BCUT2D eigenvalue weighted by atomic mass is 10.2. The van der Waals surface area contributed by atoms with Crippen molar-refractivity contribution in [3.8, 4) is 0 Å². The van der Waals surface area contributed by atoms with Gasteiger partial charge in [-0.25, -0.2) is 0 Å². The van der Waals surface area contributed by atoms with Crippen LogP contribution in [0, 0.1) is 6.92 Å². The number of hydrazone groups is 1. The van der Waals surface area contributed by atoms with Crippen molar-refractivity contribution < 1.29 is 0 Å². The van der Waals surface area contributed by atoms with Crippen molar-refractivity contribution in [2.45, 2.75) is 11.8 Å².